The highest BCUT2D eigenvalue weighted by Crippen LogP contribution is 2.14. The van der Waals surface area contributed by atoms with E-state index < -0.39 is 0 Å². The fourth-order valence-electron chi connectivity index (χ4n) is 3.51. The van der Waals surface area contributed by atoms with Gasteiger partial charge in [0.1, 0.15) is 6.10 Å². The third-order valence-corrected chi connectivity index (χ3v) is 5.94. The van der Waals surface area contributed by atoms with E-state index in [9.17, 15) is 0 Å². The first-order chi connectivity index (χ1) is 12.9. The lowest BCUT2D eigenvalue weighted by Gasteiger charge is -2.04. The topological polar surface area (TPSA) is 21.8 Å². The molecule has 156 valence electrons. The van der Waals surface area contributed by atoms with E-state index in [1.807, 2.05) is 0 Å². The Morgan fingerprint density at radius 1 is 0.577 bits per heavy atom. The van der Waals surface area contributed by atoms with E-state index in [0.717, 1.165) is 19.8 Å². The maximum absolute atomic E-state index is 5.56. The lowest BCUT2D eigenvalue weighted by atomic mass is 10.0. The molecule has 0 amide bonds. The van der Waals surface area contributed by atoms with E-state index in [2.05, 4.69) is 15.9 Å². The van der Waals surface area contributed by atoms with Crippen molar-refractivity contribution in [2.75, 3.05) is 25.2 Å². The molecule has 0 aromatic rings. The molecule has 1 rings (SSSR count). The van der Waals surface area contributed by atoms with Crippen LogP contribution in [0.1, 0.15) is 116 Å². The second-order valence-electron chi connectivity index (χ2n) is 8.08. The number of unbranched alkanes of at least 4 members (excludes halogenated alkanes) is 17. The van der Waals surface area contributed by atoms with Crippen LogP contribution in [0.3, 0.4) is 0 Å². The highest BCUT2D eigenvalue weighted by molar-refractivity contribution is 9.09. The van der Waals surface area contributed by atoms with E-state index in [4.69, 9.17) is 9.47 Å². The molecule has 1 atom stereocenters. The normalized spacial score (nSPS) is 16.3. The number of ether oxygens (including phenoxy) is 2. The Hall–Kier alpha value is 0.400. The van der Waals surface area contributed by atoms with Gasteiger partial charge in [0.25, 0.3) is 0 Å². The molecule has 1 aliphatic heterocycles. The molecule has 0 radical (unpaired) electrons. The first-order valence-electron chi connectivity index (χ1n) is 11.7. The van der Waals surface area contributed by atoms with Crippen LogP contribution in [0, 0.1) is 0 Å². The molecule has 0 spiro atoms. The molecular weight excluding hydrogens is 388 g/mol. The lowest BCUT2D eigenvalue weighted by Crippen LogP contribution is -2.02. The Labute approximate surface area is 172 Å². The Morgan fingerprint density at radius 3 is 1.27 bits per heavy atom. The average molecular weight is 434 g/mol. The lowest BCUT2D eigenvalue weighted by molar-refractivity contribution is 0.113. The fraction of sp³-hybridized carbons (Fsp3) is 1.00. The number of hydrogen-bond donors (Lipinski definition) is 0. The van der Waals surface area contributed by atoms with Gasteiger partial charge in [0, 0.05) is 11.9 Å². The number of rotatable bonds is 22. The Balaban J connectivity index is 1.59. The summed E-state index contributed by atoms with van der Waals surface area (Å²) in [4.78, 5) is 0. The van der Waals surface area contributed by atoms with Gasteiger partial charge < -0.3 is 9.47 Å². The van der Waals surface area contributed by atoms with Gasteiger partial charge in [0.05, 0.1) is 13.2 Å². The van der Waals surface area contributed by atoms with Crippen LogP contribution in [0.25, 0.3) is 0 Å². The molecular formula is C23H45BrO2. The van der Waals surface area contributed by atoms with Crippen LogP contribution in [0.2, 0.25) is 0 Å². The highest BCUT2D eigenvalue weighted by Gasteiger charge is 2.21. The highest BCUT2D eigenvalue weighted by atomic mass is 79.9. The molecule has 3 heteroatoms. The van der Waals surface area contributed by atoms with Crippen LogP contribution in [0.4, 0.5) is 0 Å². The molecule has 0 aliphatic carbocycles. The van der Waals surface area contributed by atoms with Crippen molar-refractivity contribution in [3.05, 3.63) is 0 Å². The molecule has 0 bridgehead atoms. The SMILES string of the molecule is BrCCCCCCCCCCCCCCCCCCCCOCC1CO1. The van der Waals surface area contributed by atoms with Crippen molar-refractivity contribution in [2.24, 2.45) is 0 Å². The molecule has 1 heterocycles. The summed E-state index contributed by atoms with van der Waals surface area (Å²) in [6, 6.07) is 0. The van der Waals surface area contributed by atoms with E-state index >= 15 is 0 Å². The molecule has 1 unspecified atom stereocenters. The van der Waals surface area contributed by atoms with Gasteiger partial charge in [-0.1, -0.05) is 119 Å². The maximum atomic E-state index is 5.56. The minimum Gasteiger partial charge on any atom is -0.379 e. The van der Waals surface area contributed by atoms with E-state index in [0.29, 0.717) is 6.10 Å². The Bertz CT molecular complexity index is 269. The first kappa shape index (κ1) is 24.4. The number of alkyl halides is 1. The van der Waals surface area contributed by atoms with Crippen LogP contribution in [-0.2, 0) is 9.47 Å². The summed E-state index contributed by atoms with van der Waals surface area (Å²) in [7, 11) is 0. The predicted octanol–water partition coefficient (Wildman–Crippen LogP) is 7.82. The van der Waals surface area contributed by atoms with Crippen molar-refractivity contribution < 1.29 is 9.47 Å². The molecule has 1 fully saturated rings. The third kappa shape index (κ3) is 19.2. The molecule has 1 aliphatic rings. The van der Waals surface area contributed by atoms with Crippen molar-refractivity contribution in [1.29, 1.82) is 0 Å². The van der Waals surface area contributed by atoms with Gasteiger partial charge in [-0.3, -0.25) is 0 Å². The number of hydrogen-bond acceptors (Lipinski definition) is 2. The largest absolute Gasteiger partial charge is 0.379 e. The standard InChI is InChI=1S/C23H45BrO2/c24-19-17-15-13-11-9-7-5-3-1-2-4-6-8-10-12-14-16-18-20-25-21-23-22-26-23/h23H,1-22H2. The summed E-state index contributed by atoms with van der Waals surface area (Å²) in [5, 5.41) is 1.18. The molecule has 0 N–H and O–H groups in total. The maximum Gasteiger partial charge on any atom is 0.104 e. The van der Waals surface area contributed by atoms with Crippen LogP contribution in [-0.4, -0.2) is 31.3 Å². The summed E-state index contributed by atoms with van der Waals surface area (Å²) >= 11 is 3.50. The van der Waals surface area contributed by atoms with E-state index in [1.165, 1.54) is 121 Å². The van der Waals surface area contributed by atoms with Crippen LogP contribution >= 0.6 is 15.9 Å². The van der Waals surface area contributed by atoms with Crippen molar-refractivity contribution in [1.82, 2.24) is 0 Å². The molecule has 2 nitrogen and oxygen atoms in total. The Morgan fingerprint density at radius 2 is 0.923 bits per heavy atom. The summed E-state index contributed by atoms with van der Waals surface area (Å²) < 4.78 is 10.7. The molecule has 0 aromatic heterocycles. The minimum atomic E-state index is 0.425. The fourth-order valence-corrected chi connectivity index (χ4v) is 3.90. The first-order valence-corrected chi connectivity index (χ1v) is 12.8. The Kier molecular flexibility index (Phi) is 18.9. The summed E-state index contributed by atoms with van der Waals surface area (Å²) in [5.74, 6) is 0. The van der Waals surface area contributed by atoms with E-state index in [1.54, 1.807) is 0 Å². The average Bonchev–Trinajstić information content (AvgIpc) is 3.47. The quantitative estimate of drug-likeness (QED) is 0.0986. The van der Waals surface area contributed by atoms with Gasteiger partial charge in [-0.2, -0.15) is 0 Å². The van der Waals surface area contributed by atoms with Gasteiger partial charge in [0.2, 0.25) is 0 Å². The zero-order chi connectivity index (χ0) is 18.5. The van der Waals surface area contributed by atoms with Crippen molar-refractivity contribution in [3.63, 3.8) is 0 Å². The number of epoxide rings is 1. The van der Waals surface area contributed by atoms with Gasteiger partial charge >= 0.3 is 0 Å². The second kappa shape index (κ2) is 20.1. The summed E-state index contributed by atoms with van der Waals surface area (Å²) in [5.41, 5.74) is 0. The monoisotopic (exact) mass is 432 g/mol. The predicted molar refractivity (Wildman–Crippen MR) is 117 cm³/mol. The molecule has 1 saturated heterocycles. The third-order valence-electron chi connectivity index (χ3n) is 5.38. The van der Waals surface area contributed by atoms with Gasteiger partial charge in [0.15, 0.2) is 0 Å². The smallest absolute Gasteiger partial charge is 0.104 e. The zero-order valence-electron chi connectivity index (χ0n) is 17.3. The van der Waals surface area contributed by atoms with Gasteiger partial charge in [-0.05, 0) is 12.8 Å². The van der Waals surface area contributed by atoms with Gasteiger partial charge in [-0.25, -0.2) is 0 Å². The van der Waals surface area contributed by atoms with Crippen LogP contribution in [0.15, 0.2) is 0 Å². The van der Waals surface area contributed by atoms with Crippen molar-refractivity contribution >= 4 is 15.9 Å². The number of halogens is 1. The minimum absolute atomic E-state index is 0.425. The second-order valence-corrected chi connectivity index (χ2v) is 8.88. The van der Waals surface area contributed by atoms with Gasteiger partial charge in [-0.15, -0.1) is 0 Å². The van der Waals surface area contributed by atoms with Crippen LogP contribution in [0.5, 0.6) is 0 Å². The molecule has 0 saturated carbocycles. The van der Waals surface area contributed by atoms with Crippen molar-refractivity contribution in [3.8, 4) is 0 Å². The van der Waals surface area contributed by atoms with E-state index in [-0.39, 0.29) is 0 Å². The molecule has 0 aromatic carbocycles. The molecule has 26 heavy (non-hydrogen) atoms. The zero-order valence-corrected chi connectivity index (χ0v) is 18.9. The van der Waals surface area contributed by atoms with Crippen molar-refractivity contribution in [2.45, 2.75) is 122 Å². The summed E-state index contributed by atoms with van der Waals surface area (Å²) in [6.45, 7) is 2.66. The summed E-state index contributed by atoms with van der Waals surface area (Å²) in [6.07, 6.45) is 26.1. The van der Waals surface area contributed by atoms with Crippen LogP contribution < -0.4 is 0 Å².